The van der Waals surface area contributed by atoms with E-state index in [0.717, 1.165) is 17.0 Å². The summed E-state index contributed by atoms with van der Waals surface area (Å²) in [5.41, 5.74) is 8.14. The Labute approximate surface area is 122 Å². The number of ether oxygens (including phenoxy) is 1. The molecule has 6 nitrogen and oxygen atoms in total. The van der Waals surface area contributed by atoms with Crippen LogP contribution in [0.3, 0.4) is 0 Å². The smallest absolute Gasteiger partial charge is 0.187 e. The van der Waals surface area contributed by atoms with E-state index < -0.39 is 0 Å². The third-order valence-electron chi connectivity index (χ3n) is 3.01. The van der Waals surface area contributed by atoms with Crippen LogP contribution in [0.5, 0.6) is 5.75 Å². The molecular formula is C15H15N5O. The van der Waals surface area contributed by atoms with Gasteiger partial charge in [-0.25, -0.2) is 0 Å². The molecule has 0 aliphatic carbocycles. The number of hydrogen-bond donors (Lipinski definition) is 1. The summed E-state index contributed by atoms with van der Waals surface area (Å²) >= 11 is 0. The number of nitrogens with two attached hydrogens (primary N) is 1. The van der Waals surface area contributed by atoms with Crippen molar-refractivity contribution in [3.05, 3.63) is 48.5 Å². The Hall–Kier alpha value is -2.89. The first-order valence-electron chi connectivity index (χ1n) is 6.66. The Morgan fingerprint density at radius 2 is 2.00 bits per heavy atom. The van der Waals surface area contributed by atoms with Gasteiger partial charge in [-0.1, -0.05) is 24.3 Å². The molecule has 0 spiro atoms. The summed E-state index contributed by atoms with van der Waals surface area (Å²) in [5.74, 6) is 1.35. The predicted molar refractivity (Wildman–Crippen MR) is 80.2 cm³/mol. The molecule has 3 rings (SSSR count). The molecule has 0 fully saturated rings. The van der Waals surface area contributed by atoms with Crippen molar-refractivity contribution >= 4 is 5.69 Å². The number of nitrogens with zero attached hydrogens (tertiary/aromatic N) is 4. The molecule has 2 N–H and O–H groups in total. The Balaban J connectivity index is 2.11. The van der Waals surface area contributed by atoms with Gasteiger partial charge in [0.2, 0.25) is 0 Å². The number of nitrogen functional groups attached to an aromatic ring is 1. The van der Waals surface area contributed by atoms with E-state index in [1.807, 2.05) is 55.5 Å². The van der Waals surface area contributed by atoms with Gasteiger partial charge in [0.25, 0.3) is 0 Å². The first-order valence-corrected chi connectivity index (χ1v) is 6.66. The average molecular weight is 281 g/mol. The highest BCUT2D eigenvalue weighted by Gasteiger charge is 2.14. The van der Waals surface area contributed by atoms with Crippen molar-refractivity contribution in [2.75, 3.05) is 12.3 Å². The van der Waals surface area contributed by atoms with Gasteiger partial charge in [0.05, 0.1) is 6.61 Å². The molecule has 1 aromatic heterocycles. The van der Waals surface area contributed by atoms with Crippen molar-refractivity contribution in [1.82, 2.24) is 20.2 Å². The number of tetrazole rings is 1. The minimum atomic E-state index is 0.576. The zero-order valence-electron chi connectivity index (χ0n) is 11.6. The van der Waals surface area contributed by atoms with Crippen LogP contribution in [0.1, 0.15) is 6.92 Å². The molecule has 21 heavy (non-hydrogen) atoms. The van der Waals surface area contributed by atoms with Gasteiger partial charge in [0.1, 0.15) is 11.4 Å². The van der Waals surface area contributed by atoms with Crippen LogP contribution < -0.4 is 10.5 Å². The van der Waals surface area contributed by atoms with Gasteiger partial charge in [0.15, 0.2) is 5.82 Å². The van der Waals surface area contributed by atoms with Gasteiger partial charge in [-0.2, -0.15) is 4.68 Å². The van der Waals surface area contributed by atoms with Crippen molar-refractivity contribution in [2.45, 2.75) is 6.92 Å². The topological polar surface area (TPSA) is 78.8 Å². The van der Waals surface area contributed by atoms with Gasteiger partial charge in [-0.3, -0.25) is 0 Å². The second-order valence-electron chi connectivity index (χ2n) is 4.44. The number of rotatable bonds is 4. The molecular weight excluding hydrogens is 266 g/mol. The molecule has 0 aliphatic heterocycles. The maximum absolute atomic E-state index is 5.83. The van der Waals surface area contributed by atoms with Crippen molar-refractivity contribution in [1.29, 1.82) is 0 Å². The van der Waals surface area contributed by atoms with Crippen LogP contribution in [0.2, 0.25) is 0 Å². The lowest BCUT2D eigenvalue weighted by molar-refractivity contribution is 0.338. The van der Waals surface area contributed by atoms with Crippen molar-refractivity contribution < 1.29 is 4.74 Å². The van der Waals surface area contributed by atoms with E-state index in [-0.39, 0.29) is 0 Å². The van der Waals surface area contributed by atoms with Gasteiger partial charge in [0, 0.05) is 11.3 Å². The van der Waals surface area contributed by atoms with Gasteiger partial charge >= 0.3 is 0 Å². The zero-order chi connectivity index (χ0) is 14.7. The second kappa shape index (κ2) is 5.62. The third-order valence-corrected chi connectivity index (χ3v) is 3.01. The molecule has 1 heterocycles. The Bertz CT molecular complexity index is 753. The van der Waals surface area contributed by atoms with Crippen LogP contribution in [0.4, 0.5) is 5.69 Å². The second-order valence-corrected chi connectivity index (χ2v) is 4.44. The number of anilines is 1. The predicted octanol–water partition coefficient (Wildman–Crippen LogP) is 2.31. The van der Waals surface area contributed by atoms with E-state index in [9.17, 15) is 0 Å². The Morgan fingerprint density at radius 1 is 1.14 bits per heavy atom. The molecule has 106 valence electrons. The average Bonchev–Trinajstić information content (AvgIpc) is 2.97. The quantitative estimate of drug-likeness (QED) is 0.742. The number of para-hydroxylation sites is 2. The maximum atomic E-state index is 5.83. The van der Waals surface area contributed by atoms with E-state index in [2.05, 4.69) is 15.5 Å². The molecule has 0 saturated carbocycles. The largest absolute Gasteiger partial charge is 0.492 e. The van der Waals surface area contributed by atoms with Crippen molar-refractivity contribution in [2.24, 2.45) is 0 Å². The van der Waals surface area contributed by atoms with Gasteiger partial charge in [-0.05, 0) is 41.6 Å². The third kappa shape index (κ3) is 2.55. The lowest BCUT2D eigenvalue weighted by atomic mass is 10.2. The highest BCUT2D eigenvalue weighted by atomic mass is 16.5. The molecule has 0 aliphatic rings. The maximum Gasteiger partial charge on any atom is 0.187 e. The van der Waals surface area contributed by atoms with Crippen LogP contribution in [0.25, 0.3) is 17.1 Å². The lowest BCUT2D eigenvalue weighted by Gasteiger charge is -2.10. The number of hydrogen-bond acceptors (Lipinski definition) is 5. The molecule has 0 amide bonds. The standard InChI is InChI=1S/C15H15N5O/c1-2-21-14-9-4-3-8-13(14)20-15(17-18-19-20)11-6-5-7-12(16)10-11/h3-10H,2,16H2,1H3. The Kier molecular flexibility index (Phi) is 3.51. The minimum Gasteiger partial charge on any atom is -0.492 e. The van der Waals surface area contributed by atoms with Crippen LogP contribution in [-0.4, -0.2) is 26.8 Å². The van der Waals surface area contributed by atoms with Crippen LogP contribution in [-0.2, 0) is 0 Å². The normalized spacial score (nSPS) is 10.5. The van der Waals surface area contributed by atoms with Crippen LogP contribution in [0, 0.1) is 0 Å². The number of aromatic nitrogens is 4. The fraction of sp³-hybridized carbons (Fsp3) is 0.133. The van der Waals surface area contributed by atoms with Crippen molar-refractivity contribution in [3.8, 4) is 22.8 Å². The summed E-state index contributed by atoms with van der Waals surface area (Å²) in [7, 11) is 0. The number of benzene rings is 2. The molecule has 0 bridgehead atoms. The summed E-state index contributed by atoms with van der Waals surface area (Å²) < 4.78 is 7.29. The van der Waals surface area contributed by atoms with Crippen molar-refractivity contribution in [3.63, 3.8) is 0 Å². The van der Waals surface area contributed by atoms with E-state index in [1.165, 1.54) is 0 Å². The fourth-order valence-electron chi connectivity index (χ4n) is 2.12. The van der Waals surface area contributed by atoms with E-state index in [0.29, 0.717) is 18.1 Å². The molecule has 0 radical (unpaired) electrons. The zero-order valence-corrected chi connectivity index (χ0v) is 11.6. The summed E-state index contributed by atoms with van der Waals surface area (Å²) in [5, 5.41) is 11.9. The minimum absolute atomic E-state index is 0.576. The first-order chi connectivity index (χ1) is 10.3. The first kappa shape index (κ1) is 13.1. The molecule has 0 unspecified atom stereocenters. The fourth-order valence-corrected chi connectivity index (χ4v) is 2.12. The van der Waals surface area contributed by atoms with Crippen LogP contribution >= 0.6 is 0 Å². The summed E-state index contributed by atoms with van der Waals surface area (Å²) in [6.07, 6.45) is 0. The monoisotopic (exact) mass is 281 g/mol. The summed E-state index contributed by atoms with van der Waals surface area (Å²) in [6, 6.07) is 15.1. The summed E-state index contributed by atoms with van der Waals surface area (Å²) in [4.78, 5) is 0. The van der Waals surface area contributed by atoms with Gasteiger partial charge in [-0.15, -0.1) is 5.10 Å². The van der Waals surface area contributed by atoms with Crippen LogP contribution in [0.15, 0.2) is 48.5 Å². The molecule has 0 saturated heterocycles. The van der Waals surface area contributed by atoms with E-state index in [4.69, 9.17) is 10.5 Å². The molecule has 6 heteroatoms. The van der Waals surface area contributed by atoms with E-state index in [1.54, 1.807) is 4.68 Å². The molecule has 0 atom stereocenters. The highest BCUT2D eigenvalue weighted by molar-refractivity contribution is 5.63. The SMILES string of the molecule is CCOc1ccccc1-n1nnnc1-c1cccc(N)c1. The van der Waals surface area contributed by atoms with Gasteiger partial charge < -0.3 is 10.5 Å². The molecule has 2 aromatic carbocycles. The lowest BCUT2D eigenvalue weighted by Crippen LogP contribution is -2.04. The highest BCUT2D eigenvalue weighted by Crippen LogP contribution is 2.26. The molecule has 3 aromatic rings. The van der Waals surface area contributed by atoms with E-state index >= 15 is 0 Å². The Morgan fingerprint density at radius 3 is 2.81 bits per heavy atom. The summed E-state index contributed by atoms with van der Waals surface area (Å²) in [6.45, 7) is 2.52.